The van der Waals surface area contributed by atoms with Gasteiger partial charge in [-0.15, -0.1) is 0 Å². The number of benzene rings is 2. The van der Waals surface area contributed by atoms with Gasteiger partial charge >= 0.3 is 0 Å². The molecule has 7 heteroatoms. The van der Waals surface area contributed by atoms with Gasteiger partial charge in [-0.25, -0.2) is 4.68 Å². The lowest BCUT2D eigenvalue weighted by Gasteiger charge is -2.12. The van der Waals surface area contributed by atoms with E-state index in [0.29, 0.717) is 18.7 Å². The van der Waals surface area contributed by atoms with Crippen LogP contribution < -0.4 is 15.6 Å². The van der Waals surface area contributed by atoms with Gasteiger partial charge in [0, 0.05) is 30.8 Å². The lowest BCUT2D eigenvalue weighted by molar-refractivity contribution is 0.101. The van der Waals surface area contributed by atoms with E-state index in [2.05, 4.69) is 10.4 Å². The molecule has 1 heterocycles. The Labute approximate surface area is 168 Å². The third-order valence-corrected chi connectivity index (χ3v) is 4.38. The molecule has 0 bridgehead atoms. The Bertz CT molecular complexity index is 1030. The normalized spacial score (nSPS) is 10.6. The first-order chi connectivity index (χ1) is 14.1. The number of nitrogens with one attached hydrogen (secondary N) is 1. The molecule has 0 aliphatic rings. The minimum Gasteiger partial charge on any atom is -0.496 e. The molecule has 0 radical (unpaired) electrons. The van der Waals surface area contributed by atoms with Crippen LogP contribution in [-0.4, -0.2) is 36.5 Å². The van der Waals surface area contributed by atoms with Gasteiger partial charge in [-0.3, -0.25) is 9.59 Å². The molecule has 0 saturated heterocycles. The molecule has 1 N–H and O–H groups in total. The number of rotatable bonds is 8. The van der Waals surface area contributed by atoms with Gasteiger partial charge in [-0.1, -0.05) is 30.3 Å². The first kappa shape index (κ1) is 20.3. The summed E-state index contributed by atoms with van der Waals surface area (Å²) < 4.78 is 11.6. The Kier molecular flexibility index (Phi) is 6.76. The highest BCUT2D eigenvalue weighted by Gasteiger charge is 2.12. The summed E-state index contributed by atoms with van der Waals surface area (Å²) in [4.78, 5) is 24.5. The number of aromatic nitrogens is 2. The number of methoxy groups -OCH3 is 2. The van der Waals surface area contributed by atoms with Crippen molar-refractivity contribution in [3.8, 4) is 5.75 Å². The number of nitrogens with zero attached hydrogens (tertiary/aromatic N) is 2. The van der Waals surface area contributed by atoms with Gasteiger partial charge in [0.2, 0.25) is 0 Å². The molecule has 1 amide bonds. The Hall–Kier alpha value is -3.45. The topological polar surface area (TPSA) is 82.5 Å². The van der Waals surface area contributed by atoms with Gasteiger partial charge in [0.05, 0.1) is 20.3 Å². The number of hydrogen-bond acceptors (Lipinski definition) is 5. The van der Waals surface area contributed by atoms with Crippen LogP contribution in [0.5, 0.6) is 5.75 Å². The van der Waals surface area contributed by atoms with Crippen LogP contribution in [0.15, 0.2) is 65.5 Å². The Morgan fingerprint density at radius 3 is 2.59 bits per heavy atom. The van der Waals surface area contributed by atoms with E-state index in [1.54, 1.807) is 13.2 Å². The van der Waals surface area contributed by atoms with E-state index >= 15 is 0 Å². The van der Waals surface area contributed by atoms with Crippen molar-refractivity contribution in [3.05, 3.63) is 87.8 Å². The average molecular weight is 393 g/mol. The summed E-state index contributed by atoms with van der Waals surface area (Å²) in [6, 6.07) is 18.2. The Balaban J connectivity index is 1.80. The summed E-state index contributed by atoms with van der Waals surface area (Å²) in [5.41, 5.74) is 2.59. The summed E-state index contributed by atoms with van der Waals surface area (Å²) in [5.74, 6) is 0.352. The van der Waals surface area contributed by atoms with Crippen molar-refractivity contribution in [2.24, 2.45) is 0 Å². The first-order valence-corrected chi connectivity index (χ1v) is 9.20. The predicted octanol–water partition coefficient (Wildman–Crippen LogP) is 2.74. The zero-order valence-corrected chi connectivity index (χ0v) is 16.4. The third-order valence-electron chi connectivity index (χ3n) is 4.38. The molecule has 150 valence electrons. The maximum absolute atomic E-state index is 12.6. The number of carbonyl (C=O) groups is 1. The molecule has 0 spiro atoms. The fourth-order valence-electron chi connectivity index (χ4n) is 2.91. The van der Waals surface area contributed by atoms with Gasteiger partial charge < -0.3 is 14.8 Å². The zero-order valence-electron chi connectivity index (χ0n) is 16.4. The number of hydrogen-bond donors (Lipinski definition) is 1. The van der Waals surface area contributed by atoms with Crippen LogP contribution in [0, 0.1) is 0 Å². The molecule has 3 rings (SSSR count). The molecule has 3 aromatic rings. The maximum atomic E-state index is 12.6. The van der Waals surface area contributed by atoms with Gasteiger partial charge in [0.1, 0.15) is 11.4 Å². The molecule has 0 aliphatic heterocycles. The summed E-state index contributed by atoms with van der Waals surface area (Å²) in [6.07, 6.45) is 0.674. The SMILES string of the molecule is COCCn1nc(C(=O)Nc2ccc(OC)c(Cc3ccccc3)c2)ccc1=O. The van der Waals surface area contributed by atoms with Gasteiger partial charge in [0.15, 0.2) is 0 Å². The molecular weight excluding hydrogens is 370 g/mol. The molecule has 0 fully saturated rings. The fourth-order valence-corrected chi connectivity index (χ4v) is 2.91. The second-order valence-electron chi connectivity index (χ2n) is 6.42. The van der Waals surface area contributed by atoms with Crippen LogP contribution in [0.4, 0.5) is 5.69 Å². The summed E-state index contributed by atoms with van der Waals surface area (Å²) in [6.45, 7) is 0.611. The monoisotopic (exact) mass is 393 g/mol. The quantitative estimate of drug-likeness (QED) is 0.636. The number of carbonyl (C=O) groups excluding carboxylic acids is 1. The Morgan fingerprint density at radius 1 is 1.07 bits per heavy atom. The van der Waals surface area contributed by atoms with Gasteiger partial charge in [-0.2, -0.15) is 5.10 Å². The highest BCUT2D eigenvalue weighted by molar-refractivity contribution is 6.02. The van der Waals surface area contributed by atoms with E-state index in [-0.39, 0.29) is 17.8 Å². The third kappa shape index (κ3) is 5.30. The summed E-state index contributed by atoms with van der Waals surface area (Å²) >= 11 is 0. The Morgan fingerprint density at radius 2 is 1.86 bits per heavy atom. The molecule has 2 aromatic carbocycles. The molecule has 0 unspecified atom stereocenters. The van der Waals surface area contributed by atoms with Crippen LogP contribution in [0.3, 0.4) is 0 Å². The molecule has 0 aliphatic carbocycles. The van der Waals surface area contributed by atoms with E-state index in [1.807, 2.05) is 42.5 Å². The number of amides is 1. The van der Waals surface area contributed by atoms with E-state index < -0.39 is 5.91 Å². The van der Waals surface area contributed by atoms with Gasteiger partial charge in [0.25, 0.3) is 11.5 Å². The van der Waals surface area contributed by atoms with Crippen LogP contribution in [0.1, 0.15) is 21.6 Å². The molecule has 1 aromatic heterocycles. The van der Waals surface area contributed by atoms with Crippen molar-refractivity contribution in [2.75, 3.05) is 26.1 Å². The van der Waals surface area contributed by atoms with Crippen molar-refractivity contribution in [1.82, 2.24) is 9.78 Å². The summed E-state index contributed by atoms with van der Waals surface area (Å²) in [5, 5.41) is 6.95. The molecule has 29 heavy (non-hydrogen) atoms. The van der Waals surface area contributed by atoms with Crippen molar-refractivity contribution >= 4 is 11.6 Å². The number of ether oxygens (including phenoxy) is 2. The summed E-state index contributed by atoms with van der Waals surface area (Å²) in [7, 11) is 3.16. The lowest BCUT2D eigenvalue weighted by atomic mass is 10.0. The van der Waals surface area contributed by atoms with Crippen molar-refractivity contribution in [3.63, 3.8) is 0 Å². The van der Waals surface area contributed by atoms with E-state index in [1.165, 1.54) is 23.9 Å². The molecule has 7 nitrogen and oxygen atoms in total. The standard InChI is InChI=1S/C22H23N3O4/c1-28-13-12-25-21(26)11-9-19(24-25)22(27)23-18-8-10-20(29-2)17(15-18)14-16-6-4-3-5-7-16/h3-11,15H,12-14H2,1-2H3,(H,23,27). The molecule has 0 saturated carbocycles. The van der Waals surface area contributed by atoms with Crippen LogP contribution >= 0.6 is 0 Å². The fraction of sp³-hybridized carbons (Fsp3) is 0.227. The number of anilines is 1. The van der Waals surface area contributed by atoms with Crippen molar-refractivity contribution in [2.45, 2.75) is 13.0 Å². The minimum atomic E-state index is -0.396. The predicted molar refractivity (Wildman–Crippen MR) is 111 cm³/mol. The van der Waals surface area contributed by atoms with Crippen molar-refractivity contribution < 1.29 is 14.3 Å². The van der Waals surface area contributed by atoms with E-state index in [0.717, 1.165) is 16.9 Å². The zero-order chi connectivity index (χ0) is 20.6. The first-order valence-electron chi connectivity index (χ1n) is 9.20. The minimum absolute atomic E-state index is 0.154. The second kappa shape index (κ2) is 9.66. The van der Waals surface area contributed by atoms with E-state index in [9.17, 15) is 9.59 Å². The lowest BCUT2D eigenvalue weighted by Crippen LogP contribution is -2.27. The van der Waals surface area contributed by atoms with Crippen LogP contribution in [0.25, 0.3) is 0 Å². The smallest absolute Gasteiger partial charge is 0.276 e. The van der Waals surface area contributed by atoms with E-state index in [4.69, 9.17) is 9.47 Å². The molecular formula is C22H23N3O4. The van der Waals surface area contributed by atoms with Crippen LogP contribution in [0.2, 0.25) is 0 Å². The second-order valence-corrected chi connectivity index (χ2v) is 6.42. The largest absolute Gasteiger partial charge is 0.496 e. The van der Waals surface area contributed by atoms with Crippen LogP contribution in [-0.2, 0) is 17.7 Å². The average Bonchev–Trinajstić information content (AvgIpc) is 2.74. The highest BCUT2D eigenvalue weighted by Crippen LogP contribution is 2.25. The molecule has 0 atom stereocenters. The highest BCUT2D eigenvalue weighted by atomic mass is 16.5. The van der Waals surface area contributed by atoms with Gasteiger partial charge in [-0.05, 0) is 29.8 Å². The maximum Gasteiger partial charge on any atom is 0.276 e. The van der Waals surface area contributed by atoms with Crippen molar-refractivity contribution in [1.29, 1.82) is 0 Å².